The molecular weight excluding hydrogens is 160 g/mol. The molecule has 1 aliphatic heterocycles. The van der Waals surface area contributed by atoms with Gasteiger partial charge in [0.1, 0.15) is 0 Å². The molecule has 0 aromatic carbocycles. The van der Waals surface area contributed by atoms with E-state index in [4.69, 9.17) is 9.63 Å². The van der Waals surface area contributed by atoms with E-state index in [2.05, 4.69) is 10.5 Å². The number of fused-ring (bicyclic) bond motifs is 1. The van der Waals surface area contributed by atoms with Crippen molar-refractivity contribution in [1.29, 1.82) is 0 Å². The van der Waals surface area contributed by atoms with Crippen molar-refractivity contribution in [3.8, 4) is 0 Å². The van der Waals surface area contributed by atoms with Crippen LogP contribution in [0.1, 0.15) is 17.4 Å². The molecule has 64 valence electrons. The molecule has 1 unspecified atom stereocenters. The van der Waals surface area contributed by atoms with Gasteiger partial charge >= 0.3 is 5.97 Å². The summed E-state index contributed by atoms with van der Waals surface area (Å²) in [5, 5.41) is 15.1. The Morgan fingerprint density at radius 1 is 1.83 bits per heavy atom. The summed E-state index contributed by atoms with van der Waals surface area (Å²) >= 11 is 0. The number of carboxylic acid groups (broad SMARTS) is 1. The van der Waals surface area contributed by atoms with E-state index in [0.717, 1.165) is 12.0 Å². The van der Waals surface area contributed by atoms with Gasteiger partial charge in [-0.2, -0.15) is 0 Å². The Morgan fingerprint density at radius 2 is 2.67 bits per heavy atom. The quantitative estimate of drug-likeness (QED) is 0.614. The van der Waals surface area contributed by atoms with Crippen molar-refractivity contribution in [2.45, 2.75) is 12.5 Å². The van der Waals surface area contributed by atoms with Crippen LogP contribution in [0, 0.1) is 0 Å². The lowest BCUT2D eigenvalue weighted by atomic mass is 10.0. The molecular formula is C7H8N2O3. The van der Waals surface area contributed by atoms with Crippen LogP contribution in [0.4, 0.5) is 0 Å². The largest absolute Gasteiger partial charge is 0.480 e. The van der Waals surface area contributed by atoms with Crippen LogP contribution in [0.3, 0.4) is 0 Å². The highest BCUT2D eigenvalue weighted by molar-refractivity contribution is 5.75. The number of carboxylic acids is 1. The first-order valence-corrected chi connectivity index (χ1v) is 3.68. The van der Waals surface area contributed by atoms with E-state index < -0.39 is 12.0 Å². The van der Waals surface area contributed by atoms with E-state index in [0.29, 0.717) is 12.3 Å². The van der Waals surface area contributed by atoms with Crippen LogP contribution < -0.4 is 5.32 Å². The van der Waals surface area contributed by atoms with Crippen molar-refractivity contribution in [2.75, 3.05) is 6.54 Å². The number of hydrogen-bond acceptors (Lipinski definition) is 4. The predicted octanol–water partition coefficient (Wildman–Crippen LogP) is -0.0540. The van der Waals surface area contributed by atoms with E-state index in [9.17, 15) is 4.79 Å². The van der Waals surface area contributed by atoms with Crippen LogP contribution in [0.15, 0.2) is 10.7 Å². The van der Waals surface area contributed by atoms with E-state index in [-0.39, 0.29) is 0 Å². The van der Waals surface area contributed by atoms with Gasteiger partial charge in [0.05, 0.1) is 6.20 Å². The summed E-state index contributed by atoms with van der Waals surface area (Å²) in [6.07, 6.45) is 2.36. The molecule has 0 saturated carbocycles. The Morgan fingerprint density at radius 3 is 3.42 bits per heavy atom. The Kier molecular flexibility index (Phi) is 1.58. The number of carbonyl (C=O) groups is 1. The summed E-state index contributed by atoms with van der Waals surface area (Å²) in [4.78, 5) is 10.7. The highest BCUT2D eigenvalue weighted by Crippen LogP contribution is 2.21. The zero-order valence-corrected chi connectivity index (χ0v) is 6.28. The lowest BCUT2D eigenvalue weighted by Crippen LogP contribution is -2.34. The van der Waals surface area contributed by atoms with Crippen LogP contribution in [-0.4, -0.2) is 22.8 Å². The standard InChI is InChI=1S/C7H8N2O3/c10-7(11)5-6-4(1-2-8-5)3-9-12-6/h3,5,8H,1-2H2,(H,10,11). The van der Waals surface area contributed by atoms with Gasteiger partial charge in [-0.3, -0.25) is 10.1 Å². The van der Waals surface area contributed by atoms with Gasteiger partial charge in [-0.1, -0.05) is 5.16 Å². The molecule has 0 aliphatic carbocycles. The second-order valence-electron chi connectivity index (χ2n) is 2.69. The number of hydrogen-bond donors (Lipinski definition) is 2. The Balaban J connectivity index is 2.37. The fourth-order valence-corrected chi connectivity index (χ4v) is 1.34. The zero-order valence-electron chi connectivity index (χ0n) is 6.28. The summed E-state index contributed by atoms with van der Waals surface area (Å²) in [5.74, 6) is -0.485. The van der Waals surface area contributed by atoms with Gasteiger partial charge in [0.15, 0.2) is 11.8 Å². The van der Waals surface area contributed by atoms with Gasteiger partial charge < -0.3 is 9.63 Å². The van der Waals surface area contributed by atoms with E-state index in [1.54, 1.807) is 6.20 Å². The minimum Gasteiger partial charge on any atom is -0.480 e. The van der Waals surface area contributed by atoms with Gasteiger partial charge in [-0.05, 0) is 6.42 Å². The first-order chi connectivity index (χ1) is 5.79. The van der Waals surface area contributed by atoms with Crippen molar-refractivity contribution in [2.24, 2.45) is 0 Å². The third-order valence-electron chi connectivity index (χ3n) is 1.93. The third-order valence-corrected chi connectivity index (χ3v) is 1.93. The maximum absolute atomic E-state index is 10.7. The molecule has 12 heavy (non-hydrogen) atoms. The molecule has 2 heterocycles. The minimum absolute atomic E-state index is 0.439. The van der Waals surface area contributed by atoms with Crippen LogP contribution in [-0.2, 0) is 11.2 Å². The van der Waals surface area contributed by atoms with Crippen LogP contribution in [0.25, 0.3) is 0 Å². The molecule has 1 atom stereocenters. The van der Waals surface area contributed by atoms with Gasteiger partial charge in [-0.25, -0.2) is 0 Å². The number of aromatic nitrogens is 1. The average Bonchev–Trinajstić information content (AvgIpc) is 2.49. The SMILES string of the molecule is O=C(O)C1NCCc2cnoc21. The fraction of sp³-hybridized carbons (Fsp3) is 0.429. The molecule has 5 nitrogen and oxygen atoms in total. The molecule has 0 fully saturated rings. The number of nitrogens with one attached hydrogen (secondary N) is 1. The molecule has 1 aromatic rings. The third kappa shape index (κ3) is 0.984. The smallest absolute Gasteiger partial charge is 0.328 e. The minimum atomic E-state index is -0.923. The van der Waals surface area contributed by atoms with Gasteiger partial charge in [-0.15, -0.1) is 0 Å². The summed E-state index contributed by atoms with van der Waals surface area (Å²) in [5.41, 5.74) is 0.890. The van der Waals surface area contributed by atoms with Crippen LogP contribution >= 0.6 is 0 Å². The first-order valence-electron chi connectivity index (χ1n) is 3.68. The topological polar surface area (TPSA) is 75.4 Å². The van der Waals surface area contributed by atoms with E-state index in [1.807, 2.05) is 0 Å². The second kappa shape index (κ2) is 2.60. The average molecular weight is 168 g/mol. The van der Waals surface area contributed by atoms with E-state index in [1.165, 1.54) is 0 Å². The van der Waals surface area contributed by atoms with Gasteiger partial charge in [0, 0.05) is 12.1 Å². The maximum Gasteiger partial charge on any atom is 0.328 e. The predicted molar refractivity (Wildman–Crippen MR) is 38.6 cm³/mol. The molecule has 0 radical (unpaired) electrons. The first kappa shape index (κ1) is 7.30. The second-order valence-corrected chi connectivity index (χ2v) is 2.69. The van der Waals surface area contributed by atoms with Crippen LogP contribution in [0.5, 0.6) is 0 Å². The highest BCUT2D eigenvalue weighted by atomic mass is 16.5. The molecule has 0 saturated heterocycles. The van der Waals surface area contributed by atoms with Gasteiger partial charge in [0.2, 0.25) is 0 Å². The number of rotatable bonds is 1. The Labute approximate surface area is 68.4 Å². The number of nitrogens with zero attached hydrogens (tertiary/aromatic N) is 1. The summed E-state index contributed by atoms with van der Waals surface area (Å²) in [6, 6.07) is -0.726. The number of aliphatic carboxylic acids is 1. The van der Waals surface area contributed by atoms with Crippen molar-refractivity contribution >= 4 is 5.97 Å². The monoisotopic (exact) mass is 168 g/mol. The fourth-order valence-electron chi connectivity index (χ4n) is 1.34. The molecule has 5 heteroatoms. The lowest BCUT2D eigenvalue weighted by Gasteiger charge is -2.17. The lowest BCUT2D eigenvalue weighted by molar-refractivity contribution is -0.140. The van der Waals surface area contributed by atoms with Crippen molar-refractivity contribution in [3.63, 3.8) is 0 Å². The van der Waals surface area contributed by atoms with Crippen LogP contribution in [0.2, 0.25) is 0 Å². The Hall–Kier alpha value is -1.36. The molecule has 0 spiro atoms. The molecule has 2 N–H and O–H groups in total. The zero-order chi connectivity index (χ0) is 8.55. The normalized spacial score (nSPS) is 21.8. The van der Waals surface area contributed by atoms with Crippen molar-refractivity contribution in [1.82, 2.24) is 10.5 Å². The van der Waals surface area contributed by atoms with Crippen molar-refractivity contribution in [3.05, 3.63) is 17.5 Å². The van der Waals surface area contributed by atoms with Crippen molar-refractivity contribution < 1.29 is 14.4 Å². The highest BCUT2D eigenvalue weighted by Gasteiger charge is 2.29. The molecule has 2 rings (SSSR count). The summed E-state index contributed by atoms with van der Waals surface area (Å²) in [7, 11) is 0. The Bertz CT molecular complexity index is 307. The molecule has 0 bridgehead atoms. The molecule has 1 aliphatic rings. The summed E-state index contributed by atoms with van der Waals surface area (Å²) < 4.78 is 4.84. The summed E-state index contributed by atoms with van der Waals surface area (Å²) in [6.45, 7) is 0.658. The molecule has 1 aromatic heterocycles. The maximum atomic E-state index is 10.7. The van der Waals surface area contributed by atoms with E-state index >= 15 is 0 Å². The molecule has 0 amide bonds. The van der Waals surface area contributed by atoms with Gasteiger partial charge in [0.25, 0.3) is 0 Å².